The van der Waals surface area contributed by atoms with Crippen LogP contribution in [0, 0.1) is 0 Å². The maximum absolute atomic E-state index is 10.7. The predicted octanol–water partition coefficient (Wildman–Crippen LogP) is -0.0671. The van der Waals surface area contributed by atoms with Crippen LogP contribution in [0.3, 0.4) is 0 Å². The van der Waals surface area contributed by atoms with Gasteiger partial charge in [-0.3, -0.25) is 4.79 Å². The number of nitrogens with two attached hydrogens (primary N) is 2. The number of primary amides is 1. The molecule has 1 rings (SSSR count). The van der Waals surface area contributed by atoms with Gasteiger partial charge in [0, 0.05) is 12.5 Å². The Balaban J connectivity index is 2.69. The van der Waals surface area contributed by atoms with Gasteiger partial charge in [-0.2, -0.15) is 0 Å². The van der Waals surface area contributed by atoms with E-state index in [-0.39, 0.29) is 19.6 Å². The van der Waals surface area contributed by atoms with Gasteiger partial charge in [0.15, 0.2) is 0 Å². The zero-order valence-corrected chi connectivity index (χ0v) is 8.93. The van der Waals surface area contributed by atoms with Gasteiger partial charge in [-0.05, 0) is 17.7 Å². The van der Waals surface area contributed by atoms with Crippen molar-refractivity contribution in [2.75, 3.05) is 13.2 Å². The summed E-state index contributed by atoms with van der Waals surface area (Å²) in [7, 11) is 0. The fourth-order valence-electron chi connectivity index (χ4n) is 1.33. The summed E-state index contributed by atoms with van der Waals surface area (Å²) in [5, 5.41) is 8.61. The summed E-state index contributed by atoms with van der Waals surface area (Å²) in [6.45, 7) is 0.187. The molecule has 0 bridgehead atoms. The van der Waals surface area contributed by atoms with Crippen LogP contribution >= 0.6 is 0 Å². The fraction of sp³-hybridized carbons (Fsp3) is 0.364. The van der Waals surface area contributed by atoms with Crippen LogP contribution in [0.4, 0.5) is 0 Å². The van der Waals surface area contributed by atoms with E-state index >= 15 is 0 Å². The van der Waals surface area contributed by atoms with E-state index in [1.807, 2.05) is 0 Å². The number of amides is 1. The van der Waals surface area contributed by atoms with Gasteiger partial charge in [-0.1, -0.05) is 12.1 Å². The first-order chi connectivity index (χ1) is 7.63. The zero-order chi connectivity index (χ0) is 12.0. The highest BCUT2D eigenvalue weighted by atomic mass is 16.5. The Hall–Kier alpha value is -1.59. The standard InChI is InChI=1S/C11H16N2O3/c12-10(7-11(13)15)8-2-1-3-9(6-8)16-5-4-14/h1-3,6,10,14H,4-5,7,12H2,(H2,13,15). The summed E-state index contributed by atoms with van der Waals surface area (Å²) in [6.07, 6.45) is 0.101. The molecule has 0 radical (unpaired) electrons. The van der Waals surface area contributed by atoms with Crippen LogP contribution in [0.5, 0.6) is 5.75 Å². The largest absolute Gasteiger partial charge is 0.491 e. The van der Waals surface area contributed by atoms with E-state index in [2.05, 4.69) is 0 Å². The maximum atomic E-state index is 10.7. The molecule has 5 heteroatoms. The van der Waals surface area contributed by atoms with E-state index in [1.54, 1.807) is 24.3 Å². The number of rotatable bonds is 6. The lowest BCUT2D eigenvalue weighted by molar-refractivity contribution is -0.118. The van der Waals surface area contributed by atoms with Crippen molar-refractivity contribution < 1.29 is 14.6 Å². The summed E-state index contributed by atoms with van der Waals surface area (Å²) in [6, 6.07) is 6.66. The number of hydrogen-bond acceptors (Lipinski definition) is 4. The lowest BCUT2D eigenvalue weighted by Gasteiger charge is -2.11. The molecule has 0 spiro atoms. The van der Waals surface area contributed by atoms with Crippen molar-refractivity contribution in [3.63, 3.8) is 0 Å². The molecule has 1 atom stereocenters. The van der Waals surface area contributed by atoms with Gasteiger partial charge in [-0.25, -0.2) is 0 Å². The highest BCUT2D eigenvalue weighted by molar-refractivity contribution is 5.74. The summed E-state index contributed by atoms with van der Waals surface area (Å²) in [4.78, 5) is 10.7. The average molecular weight is 224 g/mol. The zero-order valence-electron chi connectivity index (χ0n) is 8.93. The second-order valence-corrected chi connectivity index (χ2v) is 3.42. The Morgan fingerprint density at radius 1 is 1.50 bits per heavy atom. The van der Waals surface area contributed by atoms with Crippen LogP contribution in [-0.2, 0) is 4.79 Å². The summed E-state index contributed by atoms with van der Waals surface area (Å²) < 4.78 is 5.23. The lowest BCUT2D eigenvalue weighted by Crippen LogP contribution is -2.20. The lowest BCUT2D eigenvalue weighted by atomic mass is 10.0. The van der Waals surface area contributed by atoms with E-state index in [0.29, 0.717) is 5.75 Å². The molecule has 0 saturated carbocycles. The average Bonchev–Trinajstić information content (AvgIpc) is 2.26. The molecule has 1 amide bonds. The first-order valence-corrected chi connectivity index (χ1v) is 5.01. The quantitative estimate of drug-likeness (QED) is 0.630. The van der Waals surface area contributed by atoms with Crippen molar-refractivity contribution in [3.8, 4) is 5.75 Å². The van der Waals surface area contributed by atoms with Crippen LogP contribution < -0.4 is 16.2 Å². The second-order valence-electron chi connectivity index (χ2n) is 3.42. The summed E-state index contributed by atoms with van der Waals surface area (Å²) in [5.74, 6) is 0.181. The number of benzene rings is 1. The van der Waals surface area contributed by atoms with Gasteiger partial charge in [0.25, 0.3) is 0 Å². The van der Waals surface area contributed by atoms with Crippen molar-refractivity contribution in [2.45, 2.75) is 12.5 Å². The molecule has 5 N–H and O–H groups in total. The normalized spacial score (nSPS) is 12.1. The molecule has 0 aromatic heterocycles. The van der Waals surface area contributed by atoms with Crippen molar-refractivity contribution in [2.24, 2.45) is 11.5 Å². The number of aliphatic hydroxyl groups is 1. The fourth-order valence-corrected chi connectivity index (χ4v) is 1.33. The molecule has 16 heavy (non-hydrogen) atoms. The molecular formula is C11H16N2O3. The van der Waals surface area contributed by atoms with Crippen LogP contribution in [0.25, 0.3) is 0 Å². The molecule has 0 aliphatic rings. The van der Waals surface area contributed by atoms with Gasteiger partial charge in [-0.15, -0.1) is 0 Å². The molecule has 0 saturated heterocycles. The highest BCUT2D eigenvalue weighted by Gasteiger charge is 2.09. The molecule has 1 aromatic carbocycles. The Kier molecular flexibility index (Phi) is 4.75. The van der Waals surface area contributed by atoms with Crippen LogP contribution in [0.1, 0.15) is 18.0 Å². The second kappa shape index (κ2) is 6.09. The van der Waals surface area contributed by atoms with Crippen LogP contribution in [0.15, 0.2) is 24.3 Å². The van der Waals surface area contributed by atoms with Gasteiger partial charge < -0.3 is 21.3 Å². The Morgan fingerprint density at radius 2 is 2.25 bits per heavy atom. The SMILES string of the molecule is NC(=O)CC(N)c1cccc(OCCO)c1. The van der Waals surface area contributed by atoms with Crippen molar-refractivity contribution in [3.05, 3.63) is 29.8 Å². The summed E-state index contributed by atoms with van der Waals surface area (Å²) in [5.41, 5.74) is 11.6. The maximum Gasteiger partial charge on any atom is 0.219 e. The molecule has 0 heterocycles. The number of carbonyl (C=O) groups excluding carboxylic acids is 1. The van der Waals surface area contributed by atoms with Gasteiger partial charge in [0.1, 0.15) is 12.4 Å². The van der Waals surface area contributed by atoms with E-state index in [0.717, 1.165) is 5.56 Å². The molecule has 0 aliphatic heterocycles. The highest BCUT2D eigenvalue weighted by Crippen LogP contribution is 2.19. The minimum Gasteiger partial charge on any atom is -0.491 e. The van der Waals surface area contributed by atoms with E-state index in [9.17, 15) is 4.79 Å². The molecule has 88 valence electrons. The number of ether oxygens (including phenoxy) is 1. The first-order valence-electron chi connectivity index (χ1n) is 5.01. The number of hydrogen-bond donors (Lipinski definition) is 3. The van der Waals surface area contributed by atoms with E-state index in [4.69, 9.17) is 21.3 Å². The van der Waals surface area contributed by atoms with Crippen molar-refractivity contribution in [1.29, 1.82) is 0 Å². The van der Waals surface area contributed by atoms with Crippen LogP contribution in [0.2, 0.25) is 0 Å². The van der Waals surface area contributed by atoms with Gasteiger partial charge in [0.2, 0.25) is 5.91 Å². The number of aliphatic hydroxyl groups excluding tert-OH is 1. The molecule has 5 nitrogen and oxygen atoms in total. The van der Waals surface area contributed by atoms with Gasteiger partial charge in [0.05, 0.1) is 6.61 Å². The molecule has 1 aromatic rings. The van der Waals surface area contributed by atoms with E-state index in [1.165, 1.54) is 0 Å². The minimum atomic E-state index is -0.436. The molecule has 1 unspecified atom stereocenters. The van der Waals surface area contributed by atoms with Gasteiger partial charge >= 0.3 is 0 Å². The molecule has 0 aliphatic carbocycles. The smallest absolute Gasteiger partial charge is 0.219 e. The Bertz CT molecular complexity index is 355. The third-order valence-electron chi connectivity index (χ3n) is 2.07. The van der Waals surface area contributed by atoms with Crippen molar-refractivity contribution >= 4 is 5.91 Å². The first kappa shape index (κ1) is 12.5. The predicted molar refractivity (Wildman–Crippen MR) is 59.8 cm³/mol. The molecular weight excluding hydrogens is 208 g/mol. The topological polar surface area (TPSA) is 98.6 Å². The van der Waals surface area contributed by atoms with E-state index < -0.39 is 11.9 Å². The van der Waals surface area contributed by atoms with Crippen LogP contribution in [-0.4, -0.2) is 24.2 Å². The Labute approximate surface area is 94.0 Å². The third-order valence-corrected chi connectivity index (χ3v) is 2.07. The Morgan fingerprint density at radius 3 is 2.88 bits per heavy atom. The van der Waals surface area contributed by atoms with Crippen molar-refractivity contribution in [1.82, 2.24) is 0 Å². The minimum absolute atomic E-state index is 0.0441. The third kappa shape index (κ3) is 3.88. The monoisotopic (exact) mass is 224 g/mol. The number of carbonyl (C=O) groups is 1. The summed E-state index contributed by atoms with van der Waals surface area (Å²) >= 11 is 0. The molecule has 0 fully saturated rings.